The van der Waals surface area contributed by atoms with E-state index in [4.69, 9.17) is 27.6 Å². The van der Waals surface area contributed by atoms with Gasteiger partial charge < -0.3 is 14.4 Å². The minimum atomic E-state index is -0.968. The monoisotopic (exact) mass is 459 g/mol. The molecule has 1 atom stereocenters. The number of ketones is 1. The Hall–Kier alpha value is -3.09. The van der Waals surface area contributed by atoms with E-state index in [9.17, 15) is 19.1 Å². The van der Waals surface area contributed by atoms with Crippen LogP contribution in [0.15, 0.2) is 64.8 Å². The second-order valence-corrected chi connectivity index (χ2v) is 7.96. The number of aliphatic hydroxyl groups excluding tert-OH is 1. The topological polar surface area (TPSA) is 70.8 Å². The van der Waals surface area contributed by atoms with Crippen molar-refractivity contribution in [2.24, 2.45) is 0 Å². The molecule has 158 valence electrons. The number of carbonyl (C=O) groups is 2. The Labute approximate surface area is 187 Å². The maximum Gasteiger partial charge on any atom is 0.296 e. The molecule has 1 N–H and O–H groups in total. The Morgan fingerprint density at radius 2 is 1.90 bits per heavy atom. The minimum Gasteiger partial charge on any atom is -0.507 e. The minimum absolute atomic E-state index is 0.0124. The molecular weight excluding hydrogens is 444 g/mol. The summed E-state index contributed by atoms with van der Waals surface area (Å²) < 4.78 is 19.4. The van der Waals surface area contributed by atoms with Crippen LogP contribution in [0, 0.1) is 12.7 Å². The molecule has 0 bridgehead atoms. The number of hydrogen-bond acceptors (Lipinski definition) is 4. The van der Waals surface area contributed by atoms with E-state index < -0.39 is 29.3 Å². The van der Waals surface area contributed by atoms with Gasteiger partial charge in [-0.1, -0.05) is 41.4 Å². The van der Waals surface area contributed by atoms with Crippen LogP contribution >= 0.6 is 23.2 Å². The van der Waals surface area contributed by atoms with Gasteiger partial charge >= 0.3 is 0 Å². The number of rotatable bonds is 4. The number of hydrogen-bond donors (Lipinski definition) is 1. The van der Waals surface area contributed by atoms with Crippen LogP contribution in [0.1, 0.15) is 28.5 Å². The fourth-order valence-electron chi connectivity index (χ4n) is 3.54. The Morgan fingerprint density at radius 1 is 1.13 bits per heavy atom. The van der Waals surface area contributed by atoms with Gasteiger partial charge in [-0.3, -0.25) is 9.59 Å². The molecule has 2 aromatic carbocycles. The van der Waals surface area contributed by atoms with Gasteiger partial charge in [0.1, 0.15) is 17.3 Å². The first-order chi connectivity index (χ1) is 14.8. The zero-order valence-corrected chi connectivity index (χ0v) is 17.7. The average Bonchev–Trinajstić information content (AvgIpc) is 3.34. The molecule has 4 rings (SSSR count). The number of aryl methyl sites for hydroxylation is 1. The Balaban J connectivity index is 1.90. The van der Waals surface area contributed by atoms with Crippen LogP contribution < -0.4 is 0 Å². The number of furan rings is 1. The van der Waals surface area contributed by atoms with Crippen molar-refractivity contribution in [1.29, 1.82) is 0 Å². The van der Waals surface area contributed by atoms with Crippen molar-refractivity contribution in [2.45, 2.75) is 19.5 Å². The van der Waals surface area contributed by atoms with E-state index in [1.54, 1.807) is 25.1 Å². The average molecular weight is 460 g/mol. The molecule has 0 radical (unpaired) electrons. The molecule has 1 aliphatic rings. The van der Waals surface area contributed by atoms with Crippen LogP contribution in [0.5, 0.6) is 0 Å². The zero-order valence-electron chi connectivity index (χ0n) is 16.2. The van der Waals surface area contributed by atoms with E-state index in [-0.39, 0.29) is 22.7 Å². The maximum atomic E-state index is 14.1. The quantitative estimate of drug-likeness (QED) is 0.310. The van der Waals surface area contributed by atoms with E-state index in [1.807, 2.05) is 0 Å². The van der Waals surface area contributed by atoms with Crippen molar-refractivity contribution in [3.63, 3.8) is 0 Å². The molecule has 3 aromatic rings. The molecule has 0 aliphatic carbocycles. The second-order valence-electron chi connectivity index (χ2n) is 7.14. The Kier molecular flexibility index (Phi) is 5.60. The molecule has 31 heavy (non-hydrogen) atoms. The molecule has 1 saturated heterocycles. The van der Waals surface area contributed by atoms with E-state index in [0.29, 0.717) is 21.9 Å². The molecule has 1 aliphatic heterocycles. The van der Waals surface area contributed by atoms with E-state index in [2.05, 4.69) is 0 Å². The number of amides is 1. The first-order valence-corrected chi connectivity index (χ1v) is 10.1. The fraction of sp³-hybridized carbons (Fsp3) is 0.130. The number of likely N-dealkylation sites (tertiary alicyclic amines) is 1. The van der Waals surface area contributed by atoms with Crippen molar-refractivity contribution < 1.29 is 23.5 Å². The zero-order chi connectivity index (χ0) is 22.3. The molecule has 5 nitrogen and oxygen atoms in total. The van der Waals surface area contributed by atoms with Crippen molar-refractivity contribution >= 4 is 40.7 Å². The number of benzene rings is 2. The normalized spacial score (nSPS) is 18.1. The summed E-state index contributed by atoms with van der Waals surface area (Å²) in [4.78, 5) is 27.1. The third kappa shape index (κ3) is 3.84. The summed E-state index contributed by atoms with van der Waals surface area (Å²) >= 11 is 12.2. The standard InChI is InChI=1S/C23H16Cl2FNO4/c1-12-4-5-14(10-18(12)26)21(28)19-20(13-6-7-16(24)17(25)9-13)27(23(30)22(19)29)11-15-3-2-8-31-15/h2-10,20,28H,11H2,1H3/t20-/m0/s1. The summed E-state index contributed by atoms with van der Waals surface area (Å²) in [6, 6.07) is 11.1. The van der Waals surface area contributed by atoms with Gasteiger partial charge in [0.25, 0.3) is 11.7 Å². The fourth-order valence-corrected chi connectivity index (χ4v) is 3.84. The highest BCUT2D eigenvalue weighted by Gasteiger charge is 2.46. The molecule has 0 unspecified atom stereocenters. The van der Waals surface area contributed by atoms with Crippen LogP contribution in [0.2, 0.25) is 10.0 Å². The summed E-state index contributed by atoms with van der Waals surface area (Å²) in [5, 5.41) is 11.5. The summed E-state index contributed by atoms with van der Waals surface area (Å²) in [7, 11) is 0. The predicted octanol–water partition coefficient (Wildman–Crippen LogP) is 5.66. The molecule has 0 spiro atoms. The van der Waals surface area contributed by atoms with E-state index in [1.165, 1.54) is 35.4 Å². The highest BCUT2D eigenvalue weighted by Crippen LogP contribution is 2.41. The van der Waals surface area contributed by atoms with Gasteiger partial charge in [-0.15, -0.1) is 0 Å². The number of Topliss-reactive ketones (excluding diaryl/α,β-unsaturated/α-hetero) is 1. The number of aliphatic hydroxyl groups is 1. The lowest BCUT2D eigenvalue weighted by Gasteiger charge is -2.24. The predicted molar refractivity (Wildman–Crippen MR) is 114 cm³/mol. The van der Waals surface area contributed by atoms with Gasteiger partial charge in [-0.2, -0.15) is 0 Å². The van der Waals surface area contributed by atoms with Gasteiger partial charge in [0.05, 0.1) is 34.5 Å². The van der Waals surface area contributed by atoms with Gasteiger partial charge in [0, 0.05) is 5.56 Å². The first kappa shape index (κ1) is 21.2. The lowest BCUT2D eigenvalue weighted by molar-refractivity contribution is -0.140. The van der Waals surface area contributed by atoms with Crippen LogP contribution in [0.3, 0.4) is 0 Å². The molecule has 8 heteroatoms. The van der Waals surface area contributed by atoms with Crippen molar-refractivity contribution in [3.05, 3.63) is 98.7 Å². The van der Waals surface area contributed by atoms with E-state index >= 15 is 0 Å². The molecule has 1 fully saturated rings. The van der Waals surface area contributed by atoms with Crippen molar-refractivity contribution in [1.82, 2.24) is 4.90 Å². The molecule has 1 amide bonds. The smallest absolute Gasteiger partial charge is 0.296 e. The highest BCUT2D eigenvalue weighted by molar-refractivity contribution is 6.46. The Morgan fingerprint density at radius 3 is 2.55 bits per heavy atom. The van der Waals surface area contributed by atoms with Crippen LogP contribution in [-0.2, 0) is 16.1 Å². The van der Waals surface area contributed by atoms with Crippen molar-refractivity contribution in [3.8, 4) is 0 Å². The van der Waals surface area contributed by atoms with Crippen LogP contribution in [0.25, 0.3) is 5.76 Å². The van der Waals surface area contributed by atoms with Gasteiger partial charge in [-0.25, -0.2) is 4.39 Å². The summed E-state index contributed by atoms with van der Waals surface area (Å²) in [5.74, 6) is -2.27. The molecule has 1 aromatic heterocycles. The lowest BCUT2D eigenvalue weighted by atomic mass is 9.95. The Bertz CT molecular complexity index is 1220. The summed E-state index contributed by atoms with van der Waals surface area (Å²) in [5.41, 5.74) is 0.771. The number of halogens is 3. The van der Waals surface area contributed by atoms with Gasteiger partial charge in [-0.05, 0) is 48.4 Å². The van der Waals surface area contributed by atoms with Crippen LogP contribution in [0.4, 0.5) is 4.39 Å². The lowest BCUT2D eigenvalue weighted by Crippen LogP contribution is -2.29. The van der Waals surface area contributed by atoms with Gasteiger partial charge in [0.2, 0.25) is 0 Å². The summed E-state index contributed by atoms with van der Waals surface area (Å²) in [6.45, 7) is 1.57. The van der Waals surface area contributed by atoms with Crippen molar-refractivity contribution in [2.75, 3.05) is 0 Å². The molecular formula is C23H16Cl2FNO4. The second kappa shape index (κ2) is 8.21. The molecule has 2 heterocycles. The first-order valence-electron chi connectivity index (χ1n) is 9.30. The molecule has 0 saturated carbocycles. The number of carbonyl (C=O) groups excluding carboxylic acids is 2. The maximum absolute atomic E-state index is 14.1. The number of nitrogens with zero attached hydrogens (tertiary/aromatic N) is 1. The van der Waals surface area contributed by atoms with Gasteiger partial charge in [0.15, 0.2) is 0 Å². The third-order valence-electron chi connectivity index (χ3n) is 5.15. The highest BCUT2D eigenvalue weighted by atomic mass is 35.5. The van der Waals surface area contributed by atoms with E-state index in [0.717, 1.165) is 6.07 Å². The summed E-state index contributed by atoms with van der Waals surface area (Å²) in [6.07, 6.45) is 1.45. The van der Waals surface area contributed by atoms with Crippen LogP contribution in [-0.4, -0.2) is 21.7 Å². The SMILES string of the molecule is Cc1ccc(C(O)=C2C(=O)C(=O)N(Cc3ccco3)[C@H]2c2ccc(Cl)c(Cl)c2)cc1F. The third-order valence-corrected chi connectivity index (χ3v) is 5.89. The largest absolute Gasteiger partial charge is 0.507 e.